The van der Waals surface area contributed by atoms with Crippen LogP contribution in [0.25, 0.3) is 0 Å². The maximum absolute atomic E-state index is 12.9. The van der Waals surface area contributed by atoms with Crippen LogP contribution in [0.1, 0.15) is 29.0 Å². The fourth-order valence-corrected chi connectivity index (χ4v) is 1.76. The Morgan fingerprint density at radius 3 is 2.55 bits per heavy atom. The predicted octanol–water partition coefficient (Wildman–Crippen LogP) is 2.20. The fraction of sp³-hybridized carbons (Fsp3) is 0.143. The summed E-state index contributed by atoms with van der Waals surface area (Å²) in [6, 6.07) is 6.60. The Kier molecular flexibility index (Phi) is 4.62. The van der Waals surface area contributed by atoms with E-state index in [0.29, 0.717) is 0 Å². The van der Waals surface area contributed by atoms with Crippen LogP contribution in [0.3, 0.4) is 0 Å². The second-order valence-electron chi connectivity index (χ2n) is 4.47. The third-order valence-electron chi connectivity index (χ3n) is 2.85. The van der Waals surface area contributed by atoms with Crippen molar-refractivity contribution < 1.29 is 19.1 Å². The number of carbonyl (C=O) groups is 2. The maximum atomic E-state index is 12.9. The summed E-state index contributed by atoms with van der Waals surface area (Å²) in [5, 5.41) is 13.3. The quantitative estimate of drug-likeness (QED) is 0.803. The standard InChI is InChI=1S/C14H13FN4O3/c1-8(9-2-4-10(15)5-3-9)18-13(20)11-6-12(17-7-16-11)19-14(21)22/h2-8H,1H3,(H,18,20)(H,21,22)(H,16,17,19). The van der Waals surface area contributed by atoms with Crippen LogP contribution in [0.15, 0.2) is 36.7 Å². The van der Waals surface area contributed by atoms with E-state index in [1.165, 1.54) is 18.2 Å². The number of nitrogens with zero attached hydrogens (tertiary/aromatic N) is 2. The molecular weight excluding hydrogens is 291 g/mol. The van der Waals surface area contributed by atoms with Crippen LogP contribution >= 0.6 is 0 Å². The molecule has 2 aromatic rings. The van der Waals surface area contributed by atoms with Crippen LogP contribution in [0, 0.1) is 5.82 Å². The first kappa shape index (κ1) is 15.4. The lowest BCUT2D eigenvalue weighted by Crippen LogP contribution is -2.27. The van der Waals surface area contributed by atoms with Crippen LogP contribution < -0.4 is 10.6 Å². The molecule has 1 heterocycles. The molecule has 2 amide bonds. The number of benzene rings is 1. The van der Waals surface area contributed by atoms with E-state index >= 15 is 0 Å². The molecule has 7 nitrogen and oxygen atoms in total. The third-order valence-corrected chi connectivity index (χ3v) is 2.85. The summed E-state index contributed by atoms with van der Waals surface area (Å²) in [5.74, 6) is -0.850. The molecule has 22 heavy (non-hydrogen) atoms. The summed E-state index contributed by atoms with van der Waals surface area (Å²) in [7, 11) is 0. The van der Waals surface area contributed by atoms with Crippen LogP contribution in [0.5, 0.6) is 0 Å². The number of hydrogen-bond donors (Lipinski definition) is 3. The first-order chi connectivity index (χ1) is 10.5. The van der Waals surface area contributed by atoms with Crippen molar-refractivity contribution in [3.63, 3.8) is 0 Å². The Balaban J connectivity index is 2.08. The SMILES string of the molecule is CC(NC(=O)c1cc(NC(=O)O)ncn1)c1ccc(F)cc1. The van der Waals surface area contributed by atoms with Crippen LogP contribution in [0.4, 0.5) is 15.0 Å². The van der Waals surface area contributed by atoms with Gasteiger partial charge in [0.15, 0.2) is 0 Å². The van der Waals surface area contributed by atoms with Gasteiger partial charge in [0.25, 0.3) is 5.91 Å². The van der Waals surface area contributed by atoms with Gasteiger partial charge in [-0.2, -0.15) is 0 Å². The molecule has 0 aliphatic carbocycles. The Labute approximate surface area is 125 Å². The second kappa shape index (κ2) is 6.61. The summed E-state index contributed by atoms with van der Waals surface area (Å²) in [5.41, 5.74) is 0.750. The van der Waals surface area contributed by atoms with E-state index in [1.54, 1.807) is 19.1 Å². The number of aromatic nitrogens is 2. The molecule has 114 valence electrons. The molecule has 0 spiro atoms. The molecule has 0 saturated carbocycles. The number of anilines is 1. The minimum Gasteiger partial charge on any atom is -0.465 e. The predicted molar refractivity (Wildman–Crippen MR) is 76.0 cm³/mol. The third kappa shape index (κ3) is 3.98. The molecule has 2 rings (SSSR count). The number of rotatable bonds is 4. The normalized spacial score (nSPS) is 11.5. The fourth-order valence-electron chi connectivity index (χ4n) is 1.76. The molecule has 0 aliphatic heterocycles. The summed E-state index contributed by atoms with van der Waals surface area (Å²) < 4.78 is 12.9. The molecule has 1 aromatic carbocycles. The maximum Gasteiger partial charge on any atom is 0.410 e. The van der Waals surface area contributed by atoms with Crippen molar-refractivity contribution in [2.45, 2.75) is 13.0 Å². The van der Waals surface area contributed by atoms with Crippen LogP contribution in [0.2, 0.25) is 0 Å². The van der Waals surface area contributed by atoms with Gasteiger partial charge in [0.1, 0.15) is 23.7 Å². The lowest BCUT2D eigenvalue weighted by atomic mass is 10.1. The Morgan fingerprint density at radius 2 is 1.91 bits per heavy atom. The van der Waals surface area contributed by atoms with Gasteiger partial charge >= 0.3 is 6.09 Å². The highest BCUT2D eigenvalue weighted by Gasteiger charge is 2.14. The molecule has 1 atom stereocenters. The Hall–Kier alpha value is -3.03. The first-order valence-corrected chi connectivity index (χ1v) is 6.34. The van der Waals surface area contributed by atoms with Crippen molar-refractivity contribution in [1.82, 2.24) is 15.3 Å². The molecule has 0 fully saturated rings. The van der Waals surface area contributed by atoms with Gasteiger partial charge in [0, 0.05) is 6.07 Å². The molecule has 3 N–H and O–H groups in total. The highest BCUT2D eigenvalue weighted by atomic mass is 19.1. The van der Waals surface area contributed by atoms with Gasteiger partial charge in [0.05, 0.1) is 6.04 Å². The van der Waals surface area contributed by atoms with E-state index in [4.69, 9.17) is 5.11 Å². The van der Waals surface area contributed by atoms with Crippen molar-refractivity contribution in [3.05, 3.63) is 53.7 Å². The van der Waals surface area contributed by atoms with Crippen molar-refractivity contribution in [3.8, 4) is 0 Å². The Bertz CT molecular complexity index is 691. The number of amides is 2. The summed E-state index contributed by atoms with van der Waals surface area (Å²) >= 11 is 0. The number of hydrogen-bond acceptors (Lipinski definition) is 4. The number of nitrogens with one attached hydrogen (secondary N) is 2. The second-order valence-corrected chi connectivity index (χ2v) is 4.47. The van der Waals surface area contributed by atoms with Gasteiger partial charge < -0.3 is 10.4 Å². The van der Waals surface area contributed by atoms with Gasteiger partial charge in [-0.3, -0.25) is 10.1 Å². The minimum atomic E-state index is -1.29. The highest BCUT2D eigenvalue weighted by Crippen LogP contribution is 2.14. The molecule has 0 bridgehead atoms. The molecule has 1 unspecified atom stereocenters. The molecule has 0 aliphatic rings. The van der Waals surface area contributed by atoms with Crippen LogP contribution in [-0.4, -0.2) is 27.1 Å². The first-order valence-electron chi connectivity index (χ1n) is 6.34. The molecule has 1 aromatic heterocycles. The van der Waals surface area contributed by atoms with Gasteiger partial charge in [-0.1, -0.05) is 12.1 Å². The monoisotopic (exact) mass is 304 g/mol. The lowest BCUT2D eigenvalue weighted by molar-refractivity contribution is 0.0934. The van der Waals surface area contributed by atoms with Gasteiger partial charge in [-0.15, -0.1) is 0 Å². The van der Waals surface area contributed by atoms with Crippen molar-refractivity contribution in [2.24, 2.45) is 0 Å². The summed E-state index contributed by atoms with van der Waals surface area (Å²) in [6.45, 7) is 1.74. The zero-order valence-electron chi connectivity index (χ0n) is 11.6. The van der Waals surface area contributed by atoms with Crippen LogP contribution in [-0.2, 0) is 0 Å². The zero-order valence-corrected chi connectivity index (χ0v) is 11.6. The highest BCUT2D eigenvalue weighted by molar-refractivity contribution is 5.93. The average Bonchev–Trinajstić information content (AvgIpc) is 2.47. The molecule has 0 radical (unpaired) electrons. The van der Waals surface area contributed by atoms with Gasteiger partial charge in [-0.25, -0.2) is 19.2 Å². The lowest BCUT2D eigenvalue weighted by Gasteiger charge is -2.14. The summed E-state index contributed by atoms with van der Waals surface area (Å²) in [6.07, 6.45) is -0.201. The topological polar surface area (TPSA) is 104 Å². The van der Waals surface area contributed by atoms with E-state index in [9.17, 15) is 14.0 Å². The van der Waals surface area contributed by atoms with E-state index < -0.39 is 12.0 Å². The average molecular weight is 304 g/mol. The van der Waals surface area contributed by atoms with Crippen molar-refractivity contribution in [1.29, 1.82) is 0 Å². The smallest absolute Gasteiger partial charge is 0.410 e. The number of carbonyl (C=O) groups excluding carboxylic acids is 1. The van der Waals surface area contributed by atoms with Gasteiger partial charge in [-0.05, 0) is 24.6 Å². The summed E-state index contributed by atoms with van der Waals surface area (Å²) in [4.78, 5) is 30.1. The van der Waals surface area contributed by atoms with E-state index in [2.05, 4.69) is 15.3 Å². The Morgan fingerprint density at radius 1 is 1.23 bits per heavy atom. The van der Waals surface area contributed by atoms with E-state index in [0.717, 1.165) is 11.9 Å². The minimum absolute atomic E-state index is 0.00193. The number of halogens is 1. The number of carboxylic acid groups (broad SMARTS) is 1. The van der Waals surface area contributed by atoms with Crippen molar-refractivity contribution in [2.75, 3.05) is 5.32 Å². The largest absolute Gasteiger partial charge is 0.465 e. The van der Waals surface area contributed by atoms with E-state index in [-0.39, 0.29) is 23.4 Å². The molecule has 0 saturated heterocycles. The zero-order chi connectivity index (χ0) is 16.1. The molecular formula is C14H13FN4O3. The van der Waals surface area contributed by atoms with E-state index in [1.807, 2.05) is 5.32 Å². The molecule has 8 heteroatoms. The van der Waals surface area contributed by atoms with Crippen molar-refractivity contribution >= 4 is 17.8 Å². The van der Waals surface area contributed by atoms with Gasteiger partial charge in [0.2, 0.25) is 0 Å².